The molecule has 0 N–H and O–H groups in total. The second-order valence-electron chi connectivity index (χ2n) is 6.29. The highest BCUT2D eigenvalue weighted by Gasteiger charge is 2.11. The lowest BCUT2D eigenvalue weighted by atomic mass is 10.2. The van der Waals surface area contributed by atoms with Gasteiger partial charge in [-0.05, 0) is 54.6 Å². The van der Waals surface area contributed by atoms with Gasteiger partial charge in [-0.15, -0.1) is 0 Å². The van der Waals surface area contributed by atoms with Crippen LogP contribution in [0.1, 0.15) is 11.5 Å². The van der Waals surface area contributed by atoms with Crippen molar-refractivity contribution in [3.8, 4) is 34.7 Å². The van der Waals surface area contributed by atoms with Gasteiger partial charge in [-0.2, -0.15) is 10.2 Å². The number of halogens is 3. The van der Waals surface area contributed by atoms with Gasteiger partial charge in [0.1, 0.15) is 17.2 Å². The number of nitriles is 1. The summed E-state index contributed by atoms with van der Waals surface area (Å²) in [5.41, 5.74) is 1.15. The van der Waals surface area contributed by atoms with E-state index in [9.17, 15) is 0 Å². The molecule has 31 heavy (non-hydrogen) atoms. The normalized spacial score (nSPS) is 10.5. The number of rotatable bonds is 6. The van der Waals surface area contributed by atoms with Gasteiger partial charge in [-0.3, -0.25) is 0 Å². The molecule has 6 nitrogen and oxygen atoms in total. The van der Waals surface area contributed by atoms with Crippen molar-refractivity contribution in [1.29, 1.82) is 5.26 Å². The topological polar surface area (TPSA) is 81.2 Å². The molecule has 1 aromatic heterocycles. The van der Waals surface area contributed by atoms with Crippen LogP contribution in [0.25, 0.3) is 11.4 Å². The molecule has 0 radical (unpaired) electrons. The Hall–Kier alpha value is -3.24. The summed E-state index contributed by atoms with van der Waals surface area (Å²) in [6.07, 6.45) is 0. The van der Waals surface area contributed by atoms with E-state index in [1.165, 1.54) is 6.07 Å². The average molecular weight is 473 g/mol. The molecule has 0 saturated heterocycles. The van der Waals surface area contributed by atoms with Crippen LogP contribution in [0.5, 0.6) is 17.2 Å². The smallest absolute Gasteiger partial charge is 0.264 e. The fraction of sp³-hybridized carbons (Fsp3) is 0.0455. The lowest BCUT2D eigenvalue weighted by Crippen LogP contribution is -1.96. The fourth-order valence-corrected chi connectivity index (χ4v) is 3.15. The molecule has 0 aliphatic rings. The van der Waals surface area contributed by atoms with Crippen LogP contribution in [-0.4, -0.2) is 10.1 Å². The number of ether oxygens (including phenoxy) is 2. The summed E-state index contributed by atoms with van der Waals surface area (Å²) < 4.78 is 16.8. The summed E-state index contributed by atoms with van der Waals surface area (Å²) in [6, 6.07) is 18.7. The minimum atomic E-state index is 0.0530. The molecule has 0 saturated carbocycles. The Balaban J connectivity index is 1.46. The van der Waals surface area contributed by atoms with Gasteiger partial charge >= 0.3 is 0 Å². The monoisotopic (exact) mass is 471 g/mol. The molecule has 1 heterocycles. The fourth-order valence-electron chi connectivity index (χ4n) is 2.64. The van der Waals surface area contributed by atoms with Crippen LogP contribution in [0.2, 0.25) is 15.1 Å². The maximum absolute atomic E-state index is 9.08. The van der Waals surface area contributed by atoms with Gasteiger partial charge < -0.3 is 14.0 Å². The Bertz CT molecular complexity index is 1270. The summed E-state index contributed by atoms with van der Waals surface area (Å²) in [5.74, 6) is 1.94. The molecule has 0 bridgehead atoms. The number of benzene rings is 3. The molecule has 4 aromatic rings. The third-order valence-corrected chi connectivity index (χ3v) is 4.85. The van der Waals surface area contributed by atoms with Crippen molar-refractivity contribution in [2.45, 2.75) is 6.61 Å². The predicted molar refractivity (Wildman–Crippen MR) is 117 cm³/mol. The average Bonchev–Trinajstić information content (AvgIpc) is 3.23. The van der Waals surface area contributed by atoms with Crippen molar-refractivity contribution in [2.24, 2.45) is 0 Å². The first-order valence-electron chi connectivity index (χ1n) is 8.89. The SMILES string of the molecule is N#Cc1cc(Cl)cc(Oc2cc(OCc3nc(-c4ccc(Cl)cc4)no3)ccc2Cl)c1. The Labute approximate surface area is 192 Å². The van der Waals surface area contributed by atoms with Gasteiger partial charge in [0.25, 0.3) is 5.89 Å². The van der Waals surface area contributed by atoms with Crippen LogP contribution in [0, 0.1) is 11.3 Å². The Morgan fingerprint density at radius 3 is 2.48 bits per heavy atom. The number of aromatic nitrogens is 2. The lowest BCUT2D eigenvalue weighted by Gasteiger charge is -2.10. The van der Waals surface area contributed by atoms with Crippen LogP contribution in [0.3, 0.4) is 0 Å². The van der Waals surface area contributed by atoms with Gasteiger partial charge in [0.05, 0.1) is 16.7 Å². The summed E-state index contributed by atoms with van der Waals surface area (Å²) in [6.45, 7) is 0.0530. The van der Waals surface area contributed by atoms with Crippen LogP contribution in [0.4, 0.5) is 0 Å². The van der Waals surface area contributed by atoms with Gasteiger partial charge in [-0.25, -0.2) is 0 Å². The van der Waals surface area contributed by atoms with Crippen molar-refractivity contribution in [2.75, 3.05) is 0 Å². The van der Waals surface area contributed by atoms with Crippen LogP contribution >= 0.6 is 34.8 Å². The summed E-state index contributed by atoms with van der Waals surface area (Å²) in [5, 5.41) is 14.4. The van der Waals surface area contributed by atoms with Gasteiger partial charge in [0, 0.05) is 21.7 Å². The summed E-state index contributed by atoms with van der Waals surface area (Å²) >= 11 is 18.1. The molecule has 0 amide bonds. The highest BCUT2D eigenvalue weighted by atomic mass is 35.5. The largest absolute Gasteiger partial charge is 0.484 e. The Morgan fingerprint density at radius 2 is 1.71 bits per heavy atom. The molecule has 4 rings (SSSR count). The zero-order chi connectivity index (χ0) is 21.8. The van der Waals surface area contributed by atoms with E-state index in [0.29, 0.717) is 49.6 Å². The number of nitrogens with zero attached hydrogens (tertiary/aromatic N) is 3. The first-order valence-corrected chi connectivity index (χ1v) is 10.0. The first kappa shape index (κ1) is 21.0. The Morgan fingerprint density at radius 1 is 0.903 bits per heavy atom. The van der Waals surface area contributed by atoms with E-state index in [-0.39, 0.29) is 6.61 Å². The standard InChI is InChI=1S/C22H12Cl3N3O3/c23-15-3-1-14(2-4-15)22-27-21(31-28-22)12-29-17-5-6-19(25)20(10-17)30-18-8-13(11-26)7-16(24)9-18/h1-10H,12H2. The minimum absolute atomic E-state index is 0.0530. The Kier molecular flexibility index (Phi) is 6.28. The molecule has 0 aliphatic heterocycles. The van der Waals surface area contributed by atoms with E-state index in [1.54, 1.807) is 54.6 Å². The van der Waals surface area contributed by atoms with Gasteiger partial charge in [0.2, 0.25) is 5.82 Å². The van der Waals surface area contributed by atoms with Crippen LogP contribution in [0.15, 0.2) is 65.2 Å². The maximum atomic E-state index is 9.08. The molecule has 0 unspecified atom stereocenters. The minimum Gasteiger partial charge on any atom is -0.484 e. The predicted octanol–water partition coefficient (Wildman–Crippen LogP) is 6.94. The zero-order valence-electron chi connectivity index (χ0n) is 15.7. The van der Waals surface area contributed by atoms with Crippen LogP contribution < -0.4 is 9.47 Å². The second-order valence-corrected chi connectivity index (χ2v) is 7.57. The summed E-state index contributed by atoms with van der Waals surface area (Å²) in [4.78, 5) is 4.31. The molecule has 0 atom stereocenters. The number of hydrogen-bond acceptors (Lipinski definition) is 6. The molecule has 3 aromatic carbocycles. The van der Waals surface area contributed by atoms with Gasteiger partial charge in [-0.1, -0.05) is 40.0 Å². The van der Waals surface area contributed by atoms with Crippen molar-refractivity contribution in [3.05, 3.63) is 87.2 Å². The van der Waals surface area contributed by atoms with Crippen LogP contribution in [-0.2, 0) is 6.61 Å². The van der Waals surface area contributed by atoms with E-state index in [1.807, 2.05) is 6.07 Å². The van der Waals surface area contributed by atoms with E-state index in [0.717, 1.165) is 5.56 Å². The van der Waals surface area contributed by atoms with E-state index < -0.39 is 0 Å². The molecule has 154 valence electrons. The van der Waals surface area contributed by atoms with E-state index >= 15 is 0 Å². The molecular formula is C22H12Cl3N3O3. The van der Waals surface area contributed by atoms with Gasteiger partial charge in [0.15, 0.2) is 6.61 Å². The van der Waals surface area contributed by atoms with Crippen molar-refractivity contribution < 1.29 is 14.0 Å². The molecule has 9 heteroatoms. The lowest BCUT2D eigenvalue weighted by molar-refractivity contribution is 0.242. The van der Waals surface area contributed by atoms with Crippen molar-refractivity contribution in [3.63, 3.8) is 0 Å². The highest BCUT2D eigenvalue weighted by Crippen LogP contribution is 2.34. The molecular weight excluding hydrogens is 461 g/mol. The second kappa shape index (κ2) is 9.27. The molecule has 0 fully saturated rings. The first-order chi connectivity index (χ1) is 15.0. The quantitative estimate of drug-likeness (QED) is 0.302. The molecule has 0 spiro atoms. The van der Waals surface area contributed by atoms with E-state index in [2.05, 4.69) is 10.1 Å². The third-order valence-electron chi connectivity index (χ3n) is 4.06. The van der Waals surface area contributed by atoms with E-state index in [4.69, 9.17) is 54.1 Å². The third kappa shape index (κ3) is 5.28. The zero-order valence-corrected chi connectivity index (χ0v) is 17.9. The summed E-state index contributed by atoms with van der Waals surface area (Å²) in [7, 11) is 0. The highest BCUT2D eigenvalue weighted by molar-refractivity contribution is 6.32. The molecule has 0 aliphatic carbocycles. The maximum Gasteiger partial charge on any atom is 0.264 e. The van der Waals surface area contributed by atoms with Crippen molar-refractivity contribution in [1.82, 2.24) is 10.1 Å². The van der Waals surface area contributed by atoms with Crippen molar-refractivity contribution >= 4 is 34.8 Å². The number of hydrogen-bond donors (Lipinski definition) is 0.